The predicted octanol–water partition coefficient (Wildman–Crippen LogP) is 1.23. The molecule has 21 heavy (non-hydrogen) atoms. The van der Waals surface area contributed by atoms with E-state index in [0.717, 1.165) is 6.07 Å². The van der Waals surface area contributed by atoms with Crippen molar-refractivity contribution in [1.82, 2.24) is 14.4 Å². The van der Waals surface area contributed by atoms with Crippen LogP contribution in [0.5, 0.6) is 0 Å². The van der Waals surface area contributed by atoms with Crippen molar-refractivity contribution in [1.29, 1.82) is 0 Å². The molecule has 8 nitrogen and oxygen atoms in total. The Morgan fingerprint density at radius 2 is 2.24 bits per heavy atom. The first-order chi connectivity index (χ1) is 9.81. The molecule has 0 bridgehead atoms. The minimum Gasteiger partial charge on any atom is -0.477 e. The summed E-state index contributed by atoms with van der Waals surface area (Å²) < 4.78 is 32.8. The lowest BCUT2D eigenvalue weighted by Gasteiger charge is -2.09. The fourth-order valence-corrected chi connectivity index (χ4v) is 2.80. The van der Waals surface area contributed by atoms with Crippen molar-refractivity contribution in [3.05, 3.63) is 36.0 Å². The van der Waals surface area contributed by atoms with Crippen molar-refractivity contribution in [2.45, 2.75) is 31.3 Å². The van der Waals surface area contributed by atoms with Crippen molar-refractivity contribution in [3.63, 3.8) is 0 Å². The van der Waals surface area contributed by atoms with Gasteiger partial charge in [0.1, 0.15) is 10.6 Å². The normalized spacial score (nSPS) is 12.0. The van der Waals surface area contributed by atoms with E-state index in [0.29, 0.717) is 5.76 Å². The second-order valence-corrected chi connectivity index (χ2v) is 6.44. The number of carboxylic acid groups (broad SMARTS) is 1. The molecule has 0 atom stereocenters. The van der Waals surface area contributed by atoms with E-state index < -0.39 is 16.0 Å². The topological polar surface area (TPSA) is 114 Å². The van der Waals surface area contributed by atoms with E-state index >= 15 is 0 Å². The van der Waals surface area contributed by atoms with Crippen LogP contribution in [0.25, 0.3) is 0 Å². The second kappa shape index (κ2) is 5.70. The Labute approximate surface area is 121 Å². The fourth-order valence-electron chi connectivity index (χ4n) is 1.78. The number of rotatable bonds is 6. The number of carbonyl (C=O) groups is 1. The number of nitrogens with one attached hydrogen (secondary N) is 1. The lowest BCUT2D eigenvalue weighted by Crippen LogP contribution is -2.22. The average Bonchev–Trinajstić information content (AvgIpc) is 3.06. The molecule has 0 aliphatic rings. The van der Waals surface area contributed by atoms with Gasteiger partial charge in [-0.1, -0.05) is 5.16 Å². The Morgan fingerprint density at radius 3 is 2.71 bits per heavy atom. The minimum atomic E-state index is -3.83. The van der Waals surface area contributed by atoms with Gasteiger partial charge < -0.3 is 14.2 Å². The van der Waals surface area contributed by atoms with Crippen molar-refractivity contribution in [2.24, 2.45) is 0 Å². The summed E-state index contributed by atoms with van der Waals surface area (Å²) in [6.07, 6.45) is 2.71. The lowest BCUT2D eigenvalue weighted by atomic mass is 10.3. The highest BCUT2D eigenvalue weighted by molar-refractivity contribution is 7.89. The van der Waals surface area contributed by atoms with E-state index in [-0.39, 0.29) is 23.2 Å². The largest absolute Gasteiger partial charge is 0.477 e. The smallest absolute Gasteiger partial charge is 0.352 e. The van der Waals surface area contributed by atoms with Crippen LogP contribution in [0, 0.1) is 0 Å². The zero-order chi connectivity index (χ0) is 15.6. The molecule has 2 N–H and O–H groups in total. The molecule has 0 amide bonds. The highest BCUT2D eigenvalue weighted by atomic mass is 32.2. The number of aromatic carboxylic acids is 1. The van der Waals surface area contributed by atoms with Crippen LogP contribution >= 0.6 is 0 Å². The van der Waals surface area contributed by atoms with Gasteiger partial charge in [-0.15, -0.1) is 0 Å². The summed E-state index contributed by atoms with van der Waals surface area (Å²) in [5.74, 6) is -0.819. The van der Waals surface area contributed by atoms with Crippen molar-refractivity contribution in [2.75, 3.05) is 0 Å². The van der Waals surface area contributed by atoms with E-state index in [1.807, 2.05) is 0 Å². The third-order valence-corrected chi connectivity index (χ3v) is 4.21. The molecule has 0 aromatic carbocycles. The van der Waals surface area contributed by atoms with Crippen molar-refractivity contribution in [3.8, 4) is 0 Å². The summed E-state index contributed by atoms with van der Waals surface area (Å²) >= 11 is 0. The van der Waals surface area contributed by atoms with Crippen LogP contribution in [-0.4, -0.2) is 29.2 Å². The van der Waals surface area contributed by atoms with Crippen LogP contribution < -0.4 is 4.72 Å². The first kappa shape index (κ1) is 15.3. The molecule has 0 fully saturated rings. The van der Waals surface area contributed by atoms with Gasteiger partial charge in [-0.05, 0) is 19.9 Å². The van der Waals surface area contributed by atoms with Gasteiger partial charge in [0, 0.05) is 18.3 Å². The average molecular weight is 313 g/mol. The molecule has 0 aliphatic carbocycles. The van der Waals surface area contributed by atoms with E-state index in [2.05, 4.69) is 9.88 Å². The van der Waals surface area contributed by atoms with Crippen LogP contribution in [-0.2, 0) is 16.6 Å². The molecule has 0 saturated heterocycles. The maximum Gasteiger partial charge on any atom is 0.352 e. The number of hydrogen-bond donors (Lipinski definition) is 2. The first-order valence-corrected chi connectivity index (χ1v) is 7.64. The quantitative estimate of drug-likeness (QED) is 0.829. The maximum atomic E-state index is 12.2. The van der Waals surface area contributed by atoms with Gasteiger partial charge >= 0.3 is 5.97 Å². The van der Waals surface area contributed by atoms with Crippen LogP contribution in [0.2, 0.25) is 0 Å². The van der Waals surface area contributed by atoms with E-state index in [1.165, 1.54) is 23.0 Å². The molecule has 0 radical (unpaired) electrons. The molecule has 2 heterocycles. The Hall–Kier alpha value is -2.13. The SMILES string of the molecule is CC(C)n1cc(S(=O)(=O)NCc2ccno2)cc1C(=O)O. The Morgan fingerprint density at radius 1 is 1.52 bits per heavy atom. The van der Waals surface area contributed by atoms with Gasteiger partial charge in [-0.2, -0.15) is 0 Å². The minimum absolute atomic E-state index is 0.0579. The van der Waals surface area contributed by atoms with Crippen LogP contribution in [0.1, 0.15) is 36.1 Å². The predicted molar refractivity (Wildman–Crippen MR) is 72.3 cm³/mol. The molecule has 114 valence electrons. The molecule has 2 aromatic heterocycles. The summed E-state index contributed by atoms with van der Waals surface area (Å²) in [6, 6.07) is 2.49. The van der Waals surface area contributed by atoms with Gasteiger partial charge in [0.25, 0.3) is 0 Å². The Bertz CT molecular complexity index is 731. The third kappa shape index (κ3) is 3.31. The third-order valence-electron chi connectivity index (χ3n) is 2.84. The molecule has 2 rings (SSSR count). The molecule has 9 heteroatoms. The summed E-state index contributed by atoms with van der Waals surface area (Å²) in [5, 5.41) is 12.6. The molecule has 0 unspecified atom stereocenters. The van der Waals surface area contributed by atoms with E-state index in [9.17, 15) is 13.2 Å². The van der Waals surface area contributed by atoms with Gasteiger partial charge in [-0.25, -0.2) is 17.9 Å². The second-order valence-electron chi connectivity index (χ2n) is 4.67. The van der Waals surface area contributed by atoms with Crippen molar-refractivity contribution >= 4 is 16.0 Å². The summed E-state index contributed by atoms with van der Waals surface area (Å²) in [7, 11) is -3.83. The van der Waals surface area contributed by atoms with Gasteiger partial charge in [0.05, 0.1) is 12.7 Å². The number of aromatic nitrogens is 2. The van der Waals surface area contributed by atoms with Gasteiger partial charge in [0.2, 0.25) is 10.0 Å². The van der Waals surface area contributed by atoms with Gasteiger partial charge in [-0.3, -0.25) is 0 Å². The number of hydrogen-bond acceptors (Lipinski definition) is 5. The first-order valence-electron chi connectivity index (χ1n) is 6.15. The Balaban J connectivity index is 2.27. The van der Waals surface area contributed by atoms with Crippen LogP contribution in [0.4, 0.5) is 0 Å². The molecule has 0 spiro atoms. The summed E-state index contributed by atoms with van der Waals surface area (Å²) in [6.45, 7) is 3.48. The number of nitrogens with zero attached hydrogens (tertiary/aromatic N) is 2. The van der Waals surface area contributed by atoms with E-state index in [1.54, 1.807) is 13.8 Å². The molecular formula is C12H15N3O5S. The zero-order valence-corrected chi connectivity index (χ0v) is 12.3. The highest BCUT2D eigenvalue weighted by Crippen LogP contribution is 2.19. The highest BCUT2D eigenvalue weighted by Gasteiger charge is 2.22. The Kier molecular flexibility index (Phi) is 4.14. The van der Waals surface area contributed by atoms with E-state index in [4.69, 9.17) is 9.63 Å². The lowest BCUT2D eigenvalue weighted by molar-refractivity contribution is 0.0683. The van der Waals surface area contributed by atoms with Crippen LogP contribution in [0.3, 0.4) is 0 Å². The molecular weight excluding hydrogens is 298 g/mol. The zero-order valence-electron chi connectivity index (χ0n) is 11.5. The molecule has 0 saturated carbocycles. The van der Waals surface area contributed by atoms with Gasteiger partial charge in [0.15, 0.2) is 5.76 Å². The monoisotopic (exact) mass is 313 g/mol. The number of carboxylic acids is 1. The van der Waals surface area contributed by atoms with Crippen LogP contribution in [0.15, 0.2) is 33.9 Å². The molecule has 0 aliphatic heterocycles. The van der Waals surface area contributed by atoms with Crippen molar-refractivity contribution < 1.29 is 22.8 Å². The maximum absolute atomic E-state index is 12.2. The number of sulfonamides is 1. The summed E-state index contributed by atoms with van der Waals surface area (Å²) in [4.78, 5) is 11.0. The molecule has 2 aromatic rings. The fraction of sp³-hybridized carbons (Fsp3) is 0.333. The standard InChI is InChI=1S/C12H15N3O5S/c1-8(2)15-7-10(5-11(15)12(16)17)21(18,19)14-6-9-3-4-13-20-9/h3-5,7-8,14H,6H2,1-2H3,(H,16,17). The summed E-state index contributed by atoms with van der Waals surface area (Å²) in [5.41, 5.74) is -0.0787.